The van der Waals surface area contributed by atoms with Crippen molar-refractivity contribution < 1.29 is 9.53 Å². The SMILES string of the molecule is CC[C@@H](C)c1ccccc1OCC(=O)Nc1cccc(N)c1C. The van der Waals surface area contributed by atoms with Crippen molar-refractivity contribution in [3.05, 3.63) is 53.6 Å². The summed E-state index contributed by atoms with van der Waals surface area (Å²) in [7, 11) is 0. The second-order valence-corrected chi connectivity index (χ2v) is 5.70. The highest BCUT2D eigenvalue weighted by Crippen LogP contribution is 2.28. The lowest BCUT2D eigenvalue weighted by molar-refractivity contribution is -0.118. The molecule has 0 bridgehead atoms. The van der Waals surface area contributed by atoms with Crippen LogP contribution in [-0.2, 0) is 4.79 Å². The zero-order chi connectivity index (χ0) is 16.8. The number of nitrogen functional groups attached to an aromatic ring is 1. The van der Waals surface area contributed by atoms with Gasteiger partial charge in [-0.1, -0.05) is 38.1 Å². The van der Waals surface area contributed by atoms with Gasteiger partial charge in [0.05, 0.1) is 0 Å². The van der Waals surface area contributed by atoms with E-state index in [-0.39, 0.29) is 12.5 Å². The van der Waals surface area contributed by atoms with E-state index < -0.39 is 0 Å². The number of amides is 1. The van der Waals surface area contributed by atoms with E-state index in [1.165, 1.54) is 0 Å². The van der Waals surface area contributed by atoms with Crippen molar-refractivity contribution >= 4 is 17.3 Å². The maximum Gasteiger partial charge on any atom is 0.262 e. The smallest absolute Gasteiger partial charge is 0.262 e. The monoisotopic (exact) mass is 312 g/mol. The molecule has 4 nitrogen and oxygen atoms in total. The van der Waals surface area contributed by atoms with E-state index in [1.807, 2.05) is 49.4 Å². The van der Waals surface area contributed by atoms with Crippen molar-refractivity contribution in [2.24, 2.45) is 0 Å². The molecule has 3 N–H and O–H groups in total. The van der Waals surface area contributed by atoms with Crippen LogP contribution in [0.4, 0.5) is 11.4 Å². The highest BCUT2D eigenvalue weighted by molar-refractivity contribution is 5.93. The van der Waals surface area contributed by atoms with Crippen LogP contribution in [0, 0.1) is 6.92 Å². The molecule has 23 heavy (non-hydrogen) atoms. The van der Waals surface area contributed by atoms with Gasteiger partial charge in [0, 0.05) is 11.4 Å². The second-order valence-electron chi connectivity index (χ2n) is 5.70. The number of carbonyl (C=O) groups is 1. The van der Waals surface area contributed by atoms with E-state index in [0.717, 1.165) is 23.3 Å². The fourth-order valence-electron chi connectivity index (χ4n) is 2.36. The number of hydrogen-bond donors (Lipinski definition) is 2. The first-order valence-corrected chi connectivity index (χ1v) is 7.89. The topological polar surface area (TPSA) is 64.3 Å². The van der Waals surface area contributed by atoms with Crippen molar-refractivity contribution in [1.82, 2.24) is 0 Å². The average molecular weight is 312 g/mol. The fourth-order valence-corrected chi connectivity index (χ4v) is 2.36. The molecular weight excluding hydrogens is 288 g/mol. The summed E-state index contributed by atoms with van der Waals surface area (Å²) >= 11 is 0. The fraction of sp³-hybridized carbons (Fsp3) is 0.316. The molecule has 0 aliphatic rings. The van der Waals surface area contributed by atoms with Gasteiger partial charge in [0.2, 0.25) is 0 Å². The van der Waals surface area contributed by atoms with Crippen molar-refractivity contribution in [2.45, 2.75) is 33.1 Å². The summed E-state index contributed by atoms with van der Waals surface area (Å²) in [6.45, 7) is 6.14. The molecule has 0 heterocycles. The van der Waals surface area contributed by atoms with Crippen molar-refractivity contribution in [1.29, 1.82) is 0 Å². The molecule has 0 fully saturated rings. The van der Waals surface area contributed by atoms with Gasteiger partial charge in [0.1, 0.15) is 5.75 Å². The number of carbonyl (C=O) groups excluding carboxylic acids is 1. The predicted octanol–water partition coefficient (Wildman–Crippen LogP) is 4.11. The number of hydrogen-bond acceptors (Lipinski definition) is 3. The third-order valence-electron chi connectivity index (χ3n) is 4.07. The van der Waals surface area contributed by atoms with E-state index in [0.29, 0.717) is 17.3 Å². The molecule has 0 unspecified atom stereocenters. The van der Waals surface area contributed by atoms with Crippen LogP contribution in [0.2, 0.25) is 0 Å². The van der Waals surface area contributed by atoms with Crippen LogP contribution in [0.1, 0.15) is 37.3 Å². The highest BCUT2D eigenvalue weighted by Gasteiger charge is 2.12. The third kappa shape index (κ3) is 4.25. The molecule has 0 aliphatic heterocycles. The van der Waals surface area contributed by atoms with Crippen LogP contribution in [0.3, 0.4) is 0 Å². The number of para-hydroxylation sites is 1. The minimum absolute atomic E-state index is 0.0261. The lowest BCUT2D eigenvalue weighted by Gasteiger charge is -2.16. The lowest BCUT2D eigenvalue weighted by Crippen LogP contribution is -2.21. The second kappa shape index (κ2) is 7.68. The van der Waals surface area contributed by atoms with Crippen LogP contribution in [0.25, 0.3) is 0 Å². The van der Waals surface area contributed by atoms with E-state index in [1.54, 1.807) is 0 Å². The van der Waals surface area contributed by atoms with E-state index >= 15 is 0 Å². The minimum Gasteiger partial charge on any atom is -0.483 e. The molecule has 0 spiro atoms. The van der Waals surface area contributed by atoms with Gasteiger partial charge in [-0.05, 0) is 48.6 Å². The van der Waals surface area contributed by atoms with Crippen molar-refractivity contribution in [2.75, 3.05) is 17.7 Å². The Labute approximate surface area is 137 Å². The Hall–Kier alpha value is -2.49. The summed E-state index contributed by atoms with van der Waals surface area (Å²) in [6, 6.07) is 13.3. The number of anilines is 2. The summed E-state index contributed by atoms with van der Waals surface area (Å²) in [5, 5.41) is 2.84. The van der Waals surface area contributed by atoms with Gasteiger partial charge in [-0.3, -0.25) is 4.79 Å². The molecule has 2 rings (SSSR count). The summed E-state index contributed by atoms with van der Waals surface area (Å²) in [5.41, 5.74) is 9.21. The molecule has 2 aromatic rings. The highest BCUT2D eigenvalue weighted by atomic mass is 16.5. The summed E-state index contributed by atoms with van der Waals surface area (Å²) in [6.07, 6.45) is 1.02. The molecule has 1 atom stereocenters. The Balaban J connectivity index is 2.01. The van der Waals surface area contributed by atoms with Gasteiger partial charge >= 0.3 is 0 Å². The molecule has 0 saturated carbocycles. The molecule has 0 aliphatic carbocycles. The van der Waals surface area contributed by atoms with Gasteiger partial charge < -0.3 is 15.8 Å². The quantitative estimate of drug-likeness (QED) is 0.789. The van der Waals surface area contributed by atoms with E-state index in [2.05, 4.69) is 19.2 Å². The van der Waals surface area contributed by atoms with Gasteiger partial charge in [-0.15, -0.1) is 0 Å². The molecule has 1 amide bonds. The van der Waals surface area contributed by atoms with Crippen molar-refractivity contribution in [3.63, 3.8) is 0 Å². The first kappa shape index (κ1) is 16.9. The average Bonchev–Trinajstić information content (AvgIpc) is 2.56. The Morgan fingerprint density at radius 3 is 2.70 bits per heavy atom. The van der Waals surface area contributed by atoms with Gasteiger partial charge in [0.15, 0.2) is 6.61 Å². The van der Waals surface area contributed by atoms with Crippen LogP contribution in [0.15, 0.2) is 42.5 Å². The Kier molecular flexibility index (Phi) is 5.63. The normalized spacial score (nSPS) is 11.8. The van der Waals surface area contributed by atoms with E-state index in [4.69, 9.17) is 10.5 Å². The van der Waals surface area contributed by atoms with Crippen LogP contribution in [-0.4, -0.2) is 12.5 Å². The Morgan fingerprint density at radius 1 is 1.22 bits per heavy atom. The summed E-state index contributed by atoms with van der Waals surface area (Å²) < 4.78 is 5.72. The number of ether oxygens (including phenoxy) is 1. The van der Waals surface area contributed by atoms with Crippen LogP contribution in [0.5, 0.6) is 5.75 Å². The number of rotatable bonds is 6. The van der Waals surface area contributed by atoms with Gasteiger partial charge in [-0.2, -0.15) is 0 Å². The molecule has 2 aromatic carbocycles. The van der Waals surface area contributed by atoms with Crippen LogP contribution >= 0.6 is 0 Å². The maximum atomic E-state index is 12.1. The van der Waals surface area contributed by atoms with Gasteiger partial charge in [-0.25, -0.2) is 0 Å². The third-order valence-corrected chi connectivity index (χ3v) is 4.07. The van der Waals surface area contributed by atoms with Gasteiger partial charge in [0.25, 0.3) is 5.91 Å². The summed E-state index contributed by atoms with van der Waals surface area (Å²) in [5.74, 6) is 0.962. The zero-order valence-corrected chi connectivity index (χ0v) is 13.9. The number of benzene rings is 2. The largest absolute Gasteiger partial charge is 0.483 e. The van der Waals surface area contributed by atoms with Crippen LogP contribution < -0.4 is 15.8 Å². The number of nitrogens with one attached hydrogen (secondary N) is 1. The van der Waals surface area contributed by atoms with Crippen molar-refractivity contribution in [3.8, 4) is 5.75 Å². The minimum atomic E-state index is -0.197. The lowest BCUT2D eigenvalue weighted by atomic mass is 9.98. The number of nitrogens with two attached hydrogens (primary N) is 1. The molecule has 122 valence electrons. The summed E-state index contributed by atoms with van der Waals surface area (Å²) in [4.78, 5) is 12.1. The molecule has 0 saturated heterocycles. The molecular formula is C19H24N2O2. The molecule has 4 heteroatoms. The predicted molar refractivity (Wildman–Crippen MR) is 94.9 cm³/mol. The molecule has 0 radical (unpaired) electrons. The maximum absolute atomic E-state index is 12.1. The first-order valence-electron chi connectivity index (χ1n) is 7.89. The first-order chi connectivity index (χ1) is 11.0. The van der Waals surface area contributed by atoms with E-state index in [9.17, 15) is 4.79 Å². The molecule has 0 aromatic heterocycles. The Morgan fingerprint density at radius 2 is 1.96 bits per heavy atom. The Bertz CT molecular complexity index is 683. The zero-order valence-electron chi connectivity index (χ0n) is 13.9. The standard InChI is InChI=1S/C19H24N2O2/c1-4-13(2)15-8-5-6-11-18(15)23-12-19(22)21-17-10-7-9-16(20)14(17)3/h5-11,13H,4,12,20H2,1-3H3,(H,21,22)/t13-/m1/s1.